The van der Waals surface area contributed by atoms with Crippen LogP contribution in [0.4, 0.5) is 0 Å². The average molecular weight is 326 g/mol. The van der Waals surface area contributed by atoms with Crippen LogP contribution in [-0.4, -0.2) is 12.6 Å². The van der Waals surface area contributed by atoms with Gasteiger partial charge in [-0.2, -0.15) is 0 Å². The molecule has 1 fully saturated rings. The molecule has 0 aromatic heterocycles. The van der Waals surface area contributed by atoms with Crippen molar-refractivity contribution in [3.05, 3.63) is 28.2 Å². The summed E-state index contributed by atoms with van der Waals surface area (Å²) in [5, 5.41) is 3.55. The fraction of sp³-hybridized carbons (Fsp3) is 0.625. The van der Waals surface area contributed by atoms with E-state index in [0.29, 0.717) is 5.92 Å². The molecule has 0 saturated heterocycles. The lowest BCUT2D eigenvalue weighted by atomic mass is 10.1. The van der Waals surface area contributed by atoms with Crippen LogP contribution in [0.5, 0.6) is 5.75 Å². The van der Waals surface area contributed by atoms with Gasteiger partial charge < -0.3 is 10.1 Å². The van der Waals surface area contributed by atoms with E-state index in [2.05, 4.69) is 53.3 Å². The van der Waals surface area contributed by atoms with Gasteiger partial charge in [0.05, 0.1) is 6.61 Å². The van der Waals surface area contributed by atoms with Gasteiger partial charge in [-0.3, -0.25) is 0 Å². The molecule has 1 N–H and O–H groups in total. The SMILES string of the molecule is CCCC(C)COc1ccc(Br)cc1CNC1CC1. The van der Waals surface area contributed by atoms with Crippen molar-refractivity contribution in [3.8, 4) is 5.75 Å². The minimum absolute atomic E-state index is 0.623. The molecule has 3 heteroatoms. The van der Waals surface area contributed by atoms with Gasteiger partial charge in [-0.25, -0.2) is 0 Å². The maximum Gasteiger partial charge on any atom is 0.123 e. The van der Waals surface area contributed by atoms with Crippen molar-refractivity contribution >= 4 is 15.9 Å². The van der Waals surface area contributed by atoms with Crippen LogP contribution >= 0.6 is 15.9 Å². The zero-order valence-electron chi connectivity index (χ0n) is 11.9. The molecule has 0 amide bonds. The van der Waals surface area contributed by atoms with E-state index in [1.807, 2.05) is 0 Å². The molecule has 2 nitrogen and oxygen atoms in total. The van der Waals surface area contributed by atoms with Crippen molar-refractivity contribution < 1.29 is 4.74 Å². The predicted molar refractivity (Wildman–Crippen MR) is 83.6 cm³/mol. The van der Waals surface area contributed by atoms with E-state index in [1.54, 1.807) is 0 Å². The van der Waals surface area contributed by atoms with Gasteiger partial charge in [-0.05, 0) is 43.4 Å². The Morgan fingerprint density at radius 2 is 2.21 bits per heavy atom. The fourth-order valence-corrected chi connectivity index (χ4v) is 2.59. The zero-order valence-corrected chi connectivity index (χ0v) is 13.5. The van der Waals surface area contributed by atoms with Crippen LogP contribution in [0.1, 0.15) is 45.1 Å². The lowest BCUT2D eigenvalue weighted by Gasteiger charge is -2.16. The molecule has 1 unspecified atom stereocenters. The third-order valence-corrected chi connectivity index (χ3v) is 3.98. The van der Waals surface area contributed by atoms with Gasteiger partial charge in [0.2, 0.25) is 0 Å². The molecule has 0 spiro atoms. The van der Waals surface area contributed by atoms with Crippen LogP contribution in [0.3, 0.4) is 0 Å². The molecule has 2 rings (SSSR count). The number of benzene rings is 1. The van der Waals surface area contributed by atoms with E-state index in [9.17, 15) is 0 Å². The Balaban J connectivity index is 1.92. The maximum atomic E-state index is 6.00. The summed E-state index contributed by atoms with van der Waals surface area (Å²) in [6.45, 7) is 6.19. The molecule has 1 aromatic carbocycles. The van der Waals surface area contributed by atoms with Gasteiger partial charge in [0.15, 0.2) is 0 Å². The van der Waals surface area contributed by atoms with Gasteiger partial charge in [0, 0.05) is 22.6 Å². The number of hydrogen-bond donors (Lipinski definition) is 1. The highest BCUT2D eigenvalue weighted by molar-refractivity contribution is 9.10. The molecule has 1 saturated carbocycles. The van der Waals surface area contributed by atoms with Crippen molar-refractivity contribution in [1.29, 1.82) is 0 Å². The second kappa shape index (κ2) is 7.30. The second-order valence-electron chi connectivity index (χ2n) is 5.61. The first-order chi connectivity index (χ1) is 9.19. The van der Waals surface area contributed by atoms with E-state index < -0.39 is 0 Å². The molecule has 1 aliphatic carbocycles. The van der Waals surface area contributed by atoms with E-state index in [1.165, 1.54) is 31.2 Å². The summed E-state index contributed by atoms with van der Waals surface area (Å²) in [6, 6.07) is 7.02. The highest BCUT2D eigenvalue weighted by Crippen LogP contribution is 2.26. The van der Waals surface area contributed by atoms with Crippen LogP contribution in [0, 0.1) is 5.92 Å². The van der Waals surface area contributed by atoms with E-state index in [0.717, 1.165) is 29.4 Å². The van der Waals surface area contributed by atoms with Crippen molar-refractivity contribution in [2.24, 2.45) is 5.92 Å². The van der Waals surface area contributed by atoms with Crippen molar-refractivity contribution in [2.45, 2.75) is 52.1 Å². The molecule has 1 atom stereocenters. The lowest BCUT2D eigenvalue weighted by molar-refractivity contribution is 0.249. The van der Waals surface area contributed by atoms with Crippen LogP contribution in [-0.2, 0) is 6.54 Å². The number of halogens is 1. The van der Waals surface area contributed by atoms with Gasteiger partial charge >= 0.3 is 0 Å². The standard InChI is InChI=1S/C16H24BrNO/c1-3-4-12(2)11-19-16-8-5-14(17)9-13(16)10-18-15-6-7-15/h5,8-9,12,15,18H,3-4,6-7,10-11H2,1-2H3. The Kier molecular flexibility index (Phi) is 5.71. The van der Waals surface area contributed by atoms with E-state index in [4.69, 9.17) is 4.74 Å². The number of ether oxygens (including phenoxy) is 1. The predicted octanol–water partition coefficient (Wildman–Crippen LogP) is 4.52. The molecular weight excluding hydrogens is 302 g/mol. The van der Waals surface area contributed by atoms with Crippen LogP contribution in [0.15, 0.2) is 22.7 Å². The highest BCUT2D eigenvalue weighted by Gasteiger charge is 2.20. The molecule has 1 aromatic rings. The van der Waals surface area contributed by atoms with Crippen LogP contribution in [0.2, 0.25) is 0 Å². The smallest absolute Gasteiger partial charge is 0.123 e. The molecule has 0 aliphatic heterocycles. The van der Waals surface area contributed by atoms with Gasteiger partial charge in [0.1, 0.15) is 5.75 Å². The van der Waals surface area contributed by atoms with Crippen molar-refractivity contribution in [3.63, 3.8) is 0 Å². The van der Waals surface area contributed by atoms with E-state index >= 15 is 0 Å². The summed E-state index contributed by atoms with van der Waals surface area (Å²) in [5.41, 5.74) is 1.25. The Labute approximate surface area is 125 Å². The summed E-state index contributed by atoms with van der Waals surface area (Å²) in [4.78, 5) is 0. The minimum atomic E-state index is 0.623. The Hall–Kier alpha value is -0.540. The fourth-order valence-electron chi connectivity index (χ4n) is 2.18. The molecule has 1 aliphatic rings. The molecule has 106 valence electrons. The maximum absolute atomic E-state index is 6.00. The number of rotatable bonds is 8. The summed E-state index contributed by atoms with van der Waals surface area (Å²) in [7, 11) is 0. The molecular formula is C16H24BrNO. The first-order valence-corrected chi connectivity index (χ1v) is 8.13. The zero-order chi connectivity index (χ0) is 13.7. The first kappa shape index (κ1) is 14.9. The summed E-state index contributed by atoms with van der Waals surface area (Å²) in [5.74, 6) is 1.65. The second-order valence-corrected chi connectivity index (χ2v) is 6.53. The van der Waals surface area contributed by atoms with Crippen molar-refractivity contribution in [2.75, 3.05) is 6.61 Å². The lowest BCUT2D eigenvalue weighted by Crippen LogP contribution is -2.17. The first-order valence-electron chi connectivity index (χ1n) is 7.33. The third-order valence-electron chi connectivity index (χ3n) is 3.49. The Morgan fingerprint density at radius 1 is 1.42 bits per heavy atom. The quantitative estimate of drug-likeness (QED) is 0.758. The number of nitrogens with one attached hydrogen (secondary N) is 1. The van der Waals surface area contributed by atoms with Crippen LogP contribution in [0.25, 0.3) is 0 Å². The number of hydrogen-bond acceptors (Lipinski definition) is 2. The molecule has 0 heterocycles. The van der Waals surface area contributed by atoms with Gasteiger partial charge in [-0.1, -0.05) is 36.2 Å². The summed E-state index contributed by atoms with van der Waals surface area (Å²) < 4.78 is 7.12. The monoisotopic (exact) mass is 325 g/mol. The molecule has 0 bridgehead atoms. The van der Waals surface area contributed by atoms with E-state index in [-0.39, 0.29) is 0 Å². The van der Waals surface area contributed by atoms with Gasteiger partial charge in [-0.15, -0.1) is 0 Å². The normalized spacial score (nSPS) is 16.4. The van der Waals surface area contributed by atoms with Crippen LogP contribution < -0.4 is 10.1 Å². The topological polar surface area (TPSA) is 21.3 Å². The van der Waals surface area contributed by atoms with Crippen molar-refractivity contribution in [1.82, 2.24) is 5.32 Å². The summed E-state index contributed by atoms with van der Waals surface area (Å²) >= 11 is 3.54. The van der Waals surface area contributed by atoms with Gasteiger partial charge in [0.25, 0.3) is 0 Å². The highest BCUT2D eigenvalue weighted by atomic mass is 79.9. The molecule has 19 heavy (non-hydrogen) atoms. The molecule has 0 radical (unpaired) electrons. The third kappa shape index (κ3) is 5.15. The average Bonchev–Trinajstić information content (AvgIpc) is 3.19. The largest absolute Gasteiger partial charge is 0.493 e. The minimum Gasteiger partial charge on any atom is -0.493 e. The Morgan fingerprint density at radius 3 is 2.89 bits per heavy atom. The Bertz CT molecular complexity index is 404. The summed E-state index contributed by atoms with van der Waals surface area (Å²) in [6.07, 6.45) is 5.09.